The van der Waals surface area contributed by atoms with E-state index in [0.717, 1.165) is 0 Å². The highest BCUT2D eigenvalue weighted by atomic mass is 16.3. The summed E-state index contributed by atoms with van der Waals surface area (Å²) in [6.07, 6.45) is 0.316. The van der Waals surface area contributed by atoms with Crippen molar-refractivity contribution >= 4 is 11.8 Å². The van der Waals surface area contributed by atoms with Crippen molar-refractivity contribution in [1.82, 2.24) is 16.0 Å². The second kappa shape index (κ2) is 4.03. The highest BCUT2D eigenvalue weighted by Crippen LogP contribution is 2.22. The predicted octanol–water partition coefficient (Wildman–Crippen LogP) is -1.90. The molecule has 0 aliphatic carbocycles. The van der Waals surface area contributed by atoms with Crippen LogP contribution in [0.2, 0.25) is 0 Å². The normalized spacial score (nSPS) is 30.8. The number of hydrogen-bond acceptors (Lipinski definition) is 4. The number of piperidine rings is 1. The predicted molar refractivity (Wildman–Crippen MR) is 56.6 cm³/mol. The molecule has 1 spiro atoms. The first-order valence-corrected chi connectivity index (χ1v) is 5.57. The summed E-state index contributed by atoms with van der Waals surface area (Å²) in [5, 5.41) is 17.9. The van der Waals surface area contributed by atoms with Gasteiger partial charge in [0, 0.05) is 0 Å². The fourth-order valence-corrected chi connectivity index (χ4v) is 2.26. The molecule has 0 aromatic carbocycles. The Kier molecular flexibility index (Phi) is 2.86. The molecule has 0 saturated carbocycles. The van der Waals surface area contributed by atoms with Gasteiger partial charge in [0.15, 0.2) is 0 Å². The van der Waals surface area contributed by atoms with Gasteiger partial charge in [-0.1, -0.05) is 0 Å². The first-order valence-electron chi connectivity index (χ1n) is 5.57. The van der Waals surface area contributed by atoms with Gasteiger partial charge in [0.05, 0.1) is 6.10 Å². The molecule has 2 aliphatic heterocycles. The fourth-order valence-electron chi connectivity index (χ4n) is 2.26. The lowest BCUT2D eigenvalue weighted by Crippen LogP contribution is -2.73. The number of amides is 2. The topological polar surface area (TPSA) is 90.5 Å². The molecule has 0 bridgehead atoms. The van der Waals surface area contributed by atoms with Crippen LogP contribution in [0.25, 0.3) is 0 Å². The lowest BCUT2D eigenvalue weighted by Gasteiger charge is -2.42. The van der Waals surface area contributed by atoms with Crippen molar-refractivity contribution in [3.63, 3.8) is 0 Å². The van der Waals surface area contributed by atoms with E-state index in [1.165, 1.54) is 6.92 Å². The summed E-state index contributed by atoms with van der Waals surface area (Å²) in [5.74, 6) is -0.476. The monoisotopic (exact) mass is 227 g/mol. The number of nitrogens with one attached hydrogen (secondary N) is 3. The molecule has 6 heteroatoms. The average Bonchev–Trinajstić information content (AvgIpc) is 2.24. The van der Waals surface area contributed by atoms with Crippen LogP contribution in [0.3, 0.4) is 0 Å². The third-order valence-electron chi connectivity index (χ3n) is 3.31. The van der Waals surface area contributed by atoms with Crippen molar-refractivity contribution in [2.24, 2.45) is 0 Å². The van der Waals surface area contributed by atoms with Gasteiger partial charge in [-0.05, 0) is 32.9 Å². The lowest BCUT2D eigenvalue weighted by molar-refractivity contribution is -0.145. The van der Waals surface area contributed by atoms with Crippen LogP contribution < -0.4 is 16.0 Å². The van der Waals surface area contributed by atoms with Crippen LogP contribution in [0.5, 0.6) is 0 Å². The minimum Gasteiger partial charge on any atom is -0.391 e. The average molecular weight is 227 g/mol. The van der Waals surface area contributed by atoms with Crippen molar-refractivity contribution in [2.45, 2.75) is 37.5 Å². The van der Waals surface area contributed by atoms with Gasteiger partial charge in [-0.2, -0.15) is 0 Å². The van der Waals surface area contributed by atoms with Crippen LogP contribution in [-0.4, -0.2) is 47.7 Å². The van der Waals surface area contributed by atoms with Crippen molar-refractivity contribution in [1.29, 1.82) is 0 Å². The van der Waals surface area contributed by atoms with Gasteiger partial charge in [-0.15, -0.1) is 0 Å². The maximum absolute atomic E-state index is 12.0. The second-order valence-electron chi connectivity index (χ2n) is 4.51. The molecular formula is C10H17N3O3. The SMILES string of the molecule is CC(O)C1NC(=O)C2(CCNCC2)NC1=O. The maximum Gasteiger partial charge on any atom is 0.246 e. The molecule has 2 saturated heterocycles. The van der Waals surface area contributed by atoms with Gasteiger partial charge < -0.3 is 21.1 Å². The summed E-state index contributed by atoms with van der Waals surface area (Å²) in [6, 6.07) is -0.826. The van der Waals surface area contributed by atoms with E-state index in [-0.39, 0.29) is 11.8 Å². The number of hydrogen-bond donors (Lipinski definition) is 4. The Balaban J connectivity index is 2.14. The summed E-state index contributed by atoms with van der Waals surface area (Å²) >= 11 is 0. The zero-order valence-corrected chi connectivity index (χ0v) is 9.25. The standard InChI is InChI=1S/C10H17N3O3/c1-6(14)7-8(15)13-10(9(16)12-7)2-4-11-5-3-10/h6-7,11,14H,2-5H2,1H3,(H,12,16)(H,13,15). The van der Waals surface area contributed by atoms with E-state index in [1.807, 2.05) is 0 Å². The Bertz CT molecular complexity index is 310. The third-order valence-corrected chi connectivity index (χ3v) is 3.31. The molecule has 2 aliphatic rings. The number of carbonyl (C=O) groups is 2. The molecule has 0 aromatic rings. The Morgan fingerprint density at radius 1 is 1.38 bits per heavy atom. The molecule has 2 amide bonds. The maximum atomic E-state index is 12.0. The van der Waals surface area contributed by atoms with Crippen LogP contribution in [0.1, 0.15) is 19.8 Å². The molecule has 2 rings (SSSR count). The minimum atomic E-state index is -0.872. The van der Waals surface area contributed by atoms with E-state index in [4.69, 9.17) is 0 Å². The van der Waals surface area contributed by atoms with Crippen LogP contribution in [-0.2, 0) is 9.59 Å². The molecule has 0 aromatic heterocycles. The van der Waals surface area contributed by atoms with E-state index in [0.29, 0.717) is 25.9 Å². The number of aliphatic hydroxyl groups is 1. The van der Waals surface area contributed by atoms with E-state index in [9.17, 15) is 14.7 Å². The van der Waals surface area contributed by atoms with Crippen LogP contribution in [0.4, 0.5) is 0 Å². The second-order valence-corrected chi connectivity index (χ2v) is 4.51. The van der Waals surface area contributed by atoms with Crippen LogP contribution in [0, 0.1) is 0 Å². The number of rotatable bonds is 1. The van der Waals surface area contributed by atoms with Gasteiger partial charge >= 0.3 is 0 Å². The molecule has 0 radical (unpaired) electrons. The van der Waals surface area contributed by atoms with E-state index < -0.39 is 17.7 Å². The molecule has 16 heavy (non-hydrogen) atoms. The van der Waals surface area contributed by atoms with E-state index >= 15 is 0 Å². The molecule has 2 fully saturated rings. The Morgan fingerprint density at radius 3 is 2.56 bits per heavy atom. The fraction of sp³-hybridized carbons (Fsp3) is 0.800. The summed E-state index contributed by atoms with van der Waals surface area (Å²) < 4.78 is 0. The van der Waals surface area contributed by atoms with Gasteiger partial charge in [0.25, 0.3) is 0 Å². The highest BCUT2D eigenvalue weighted by Gasteiger charge is 2.47. The molecule has 2 heterocycles. The highest BCUT2D eigenvalue weighted by molar-refractivity contribution is 6.00. The smallest absolute Gasteiger partial charge is 0.246 e. The van der Waals surface area contributed by atoms with E-state index in [1.54, 1.807) is 0 Å². The van der Waals surface area contributed by atoms with E-state index in [2.05, 4.69) is 16.0 Å². The Morgan fingerprint density at radius 2 is 2.00 bits per heavy atom. The summed E-state index contributed by atoms with van der Waals surface area (Å²) in [6.45, 7) is 2.92. The largest absolute Gasteiger partial charge is 0.391 e. The third kappa shape index (κ3) is 1.78. The lowest BCUT2D eigenvalue weighted by atomic mass is 9.84. The van der Waals surface area contributed by atoms with Gasteiger partial charge in [0.2, 0.25) is 11.8 Å². The van der Waals surface area contributed by atoms with Crippen molar-refractivity contribution in [2.75, 3.05) is 13.1 Å². The zero-order valence-electron chi connectivity index (χ0n) is 9.25. The van der Waals surface area contributed by atoms with Gasteiger partial charge in [0.1, 0.15) is 11.6 Å². The molecule has 90 valence electrons. The van der Waals surface area contributed by atoms with Crippen molar-refractivity contribution in [3.05, 3.63) is 0 Å². The van der Waals surface area contributed by atoms with Gasteiger partial charge in [-0.25, -0.2) is 0 Å². The molecular weight excluding hydrogens is 210 g/mol. The van der Waals surface area contributed by atoms with Crippen LogP contribution >= 0.6 is 0 Å². The molecule has 6 nitrogen and oxygen atoms in total. The number of aliphatic hydroxyl groups excluding tert-OH is 1. The van der Waals surface area contributed by atoms with Crippen molar-refractivity contribution in [3.8, 4) is 0 Å². The first kappa shape index (κ1) is 11.3. The quantitative estimate of drug-likeness (QED) is 0.421. The minimum absolute atomic E-state index is 0.181. The molecule has 2 unspecified atom stereocenters. The summed E-state index contributed by atoms with van der Waals surface area (Å²) in [7, 11) is 0. The number of carbonyl (C=O) groups excluding carboxylic acids is 2. The Hall–Kier alpha value is -1.14. The number of piperazine rings is 1. The van der Waals surface area contributed by atoms with Gasteiger partial charge in [-0.3, -0.25) is 9.59 Å². The summed E-state index contributed by atoms with van der Waals surface area (Å²) in [5.41, 5.74) is -0.770. The molecule has 4 N–H and O–H groups in total. The first-order chi connectivity index (χ1) is 7.55. The van der Waals surface area contributed by atoms with Crippen molar-refractivity contribution < 1.29 is 14.7 Å². The van der Waals surface area contributed by atoms with Crippen LogP contribution in [0.15, 0.2) is 0 Å². The summed E-state index contributed by atoms with van der Waals surface area (Å²) in [4.78, 5) is 23.7. The molecule has 2 atom stereocenters. The Labute approximate surface area is 93.8 Å². The zero-order chi connectivity index (χ0) is 11.8.